The molecule has 1 aliphatic rings. The fourth-order valence-corrected chi connectivity index (χ4v) is 3.35. The van der Waals surface area contributed by atoms with Crippen LogP contribution in [0.5, 0.6) is 11.5 Å². The first-order chi connectivity index (χ1) is 12.7. The second-order valence-electron chi connectivity index (χ2n) is 6.65. The van der Waals surface area contributed by atoms with Crippen LogP contribution in [0, 0.1) is 5.92 Å². The number of hydrogen-bond acceptors (Lipinski definition) is 4. The van der Waals surface area contributed by atoms with Gasteiger partial charge in [-0.05, 0) is 50.1 Å². The van der Waals surface area contributed by atoms with E-state index in [1.165, 1.54) is 0 Å². The zero-order valence-corrected chi connectivity index (χ0v) is 16.4. The maximum Gasteiger partial charge on any atom is 0.257 e. The van der Waals surface area contributed by atoms with E-state index in [4.69, 9.17) is 15.2 Å². The van der Waals surface area contributed by atoms with Gasteiger partial charge in [0.15, 0.2) is 0 Å². The van der Waals surface area contributed by atoms with Crippen LogP contribution >= 0.6 is 12.4 Å². The fraction of sp³-hybridized carbons (Fsp3) is 0.381. The van der Waals surface area contributed by atoms with Crippen molar-refractivity contribution in [1.29, 1.82) is 0 Å². The number of halogens is 1. The molecule has 0 saturated carbocycles. The fourth-order valence-electron chi connectivity index (χ4n) is 3.35. The molecule has 146 valence electrons. The molecule has 0 aromatic heterocycles. The molecule has 1 fully saturated rings. The van der Waals surface area contributed by atoms with Gasteiger partial charge in [0.25, 0.3) is 5.91 Å². The maximum absolute atomic E-state index is 13.0. The van der Waals surface area contributed by atoms with Crippen LogP contribution in [0.3, 0.4) is 0 Å². The van der Waals surface area contributed by atoms with Crippen molar-refractivity contribution in [3.05, 3.63) is 60.2 Å². The summed E-state index contributed by atoms with van der Waals surface area (Å²) in [6.45, 7) is 4.19. The van der Waals surface area contributed by atoms with Gasteiger partial charge in [0, 0.05) is 12.6 Å². The number of nitrogens with zero attached hydrogens (tertiary/aromatic N) is 1. The van der Waals surface area contributed by atoms with E-state index in [1.54, 1.807) is 0 Å². The van der Waals surface area contributed by atoms with E-state index < -0.39 is 0 Å². The Kier molecular flexibility index (Phi) is 7.95. The van der Waals surface area contributed by atoms with Crippen LogP contribution in [0.2, 0.25) is 0 Å². The Morgan fingerprint density at radius 3 is 2.44 bits per heavy atom. The standard InChI is InChI=1S/C21H26N2O3.ClH/c1-16-13-17(14-22)15-23(16)21(24)19-9-5-6-10-20(19)26-12-11-25-18-7-3-2-4-8-18;/h2-10,16-17H,11-15,22H2,1H3;1H. The molecule has 0 spiro atoms. The zero-order valence-electron chi connectivity index (χ0n) is 15.5. The highest BCUT2D eigenvalue weighted by atomic mass is 35.5. The molecule has 2 aromatic carbocycles. The van der Waals surface area contributed by atoms with Crippen molar-refractivity contribution in [2.45, 2.75) is 19.4 Å². The van der Waals surface area contributed by atoms with Gasteiger partial charge < -0.3 is 20.1 Å². The summed E-state index contributed by atoms with van der Waals surface area (Å²) in [7, 11) is 0. The molecular weight excluding hydrogens is 364 g/mol. The minimum absolute atomic E-state index is 0. The number of likely N-dealkylation sites (tertiary alicyclic amines) is 1. The topological polar surface area (TPSA) is 64.8 Å². The summed E-state index contributed by atoms with van der Waals surface area (Å²) in [5.41, 5.74) is 6.37. The summed E-state index contributed by atoms with van der Waals surface area (Å²) < 4.78 is 11.5. The number of benzene rings is 2. The molecule has 6 heteroatoms. The summed E-state index contributed by atoms with van der Waals surface area (Å²) >= 11 is 0. The SMILES string of the molecule is CC1CC(CN)CN1C(=O)c1ccccc1OCCOc1ccccc1.Cl. The van der Waals surface area contributed by atoms with Gasteiger partial charge in [-0.25, -0.2) is 0 Å². The Balaban J connectivity index is 0.00000261. The number of nitrogens with two attached hydrogens (primary N) is 1. The number of rotatable bonds is 7. The highest BCUT2D eigenvalue weighted by Crippen LogP contribution is 2.27. The minimum atomic E-state index is 0. The lowest BCUT2D eigenvalue weighted by Crippen LogP contribution is -2.34. The first kappa shape index (κ1) is 21.1. The lowest BCUT2D eigenvalue weighted by atomic mass is 10.1. The normalized spacial score (nSPS) is 18.7. The molecule has 1 aliphatic heterocycles. The van der Waals surface area contributed by atoms with Crippen LogP contribution in [-0.2, 0) is 0 Å². The van der Waals surface area contributed by atoms with Crippen molar-refractivity contribution < 1.29 is 14.3 Å². The summed E-state index contributed by atoms with van der Waals surface area (Å²) in [5, 5.41) is 0. The number of amides is 1. The van der Waals surface area contributed by atoms with Gasteiger partial charge in [0.1, 0.15) is 24.7 Å². The third-order valence-corrected chi connectivity index (χ3v) is 4.73. The van der Waals surface area contributed by atoms with E-state index in [0.29, 0.717) is 43.5 Å². The van der Waals surface area contributed by atoms with Gasteiger partial charge in [-0.2, -0.15) is 0 Å². The average Bonchev–Trinajstić information content (AvgIpc) is 3.07. The molecule has 0 bridgehead atoms. The molecule has 2 N–H and O–H groups in total. The molecular formula is C21H27ClN2O3. The largest absolute Gasteiger partial charge is 0.490 e. The molecule has 2 aromatic rings. The summed E-state index contributed by atoms with van der Waals surface area (Å²) in [6.07, 6.45) is 0.955. The lowest BCUT2D eigenvalue weighted by Gasteiger charge is -2.23. The smallest absolute Gasteiger partial charge is 0.257 e. The van der Waals surface area contributed by atoms with Crippen LogP contribution in [0.15, 0.2) is 54.6 Å². The summed E-state index contributed by atoms with van der Waals surface area (Å²) in [6, 6.07) is 17.2. The van der Waals surface area contributed by atoms with Gasteiger partial charge >= 0.3 is 0 Å². The third-order valence-electron chi connectivity index (χ3n) is 4.73. The first-order valence-corrected chi connectivity index (χ1v) is 9.09. The van der Waals surface area contributed by atoms with Crippen molar-refractivity contribution in [1.82, 2.24) is 4.90 Å². The Morgan fingerprint density at radius 2 is 1.74 bits per heavy atom. The molecule has 0 aliphatic carbocycles. The highest BCUT2D eigenvalue weighted by Gasteiger charge is 2.33. The van der Waals surface area contributed by atoms with Gasteiger partial charge in [0.2, 0.25) is 0 Å². The Hall–Kier alpha value is -2.24. The van der Waals surface area contributed by atoms with Crippen molar-refractivity contribution in [2.24, 2.45) is 11.7 Å². The number of carbonyl (C=O) groups excluding carboxylic acids is 1. The maximum atomic E-state index is 13.0. The number of hydrogen-bond donors (Lipinski definition) is 1. The molecule has 1 heterocycles. The summed E-state index contributed by atoms with van der Waals surface area (Å²) in [5.74, 6) is 1.78. The Bertz CT molecular complexity index is 726. The molecule has 5 nitrogen and oxygen atoms in total. The van der Waals surface area contributed by atoms with Crippen molar-refractivity contribution in [3.8, 4) is 11.5 Å². The lowest BCUT2D eigenvalue weighted by molar-refractivity contribution is 0.0738. The average molecular weight is 391 g/mol. The van der Waals surface area contributed by atoms with E-state index in [2.05, 4.69) is 6.92 Å². The predicted octanol–water partition coefficient (Wildman–Crippen LogP) is 3.38. The van der Waals surface area contributed by atoms with E-state index >= 15 is 0 Å². The second-order valence-corrected chi connectivity index (χ2v) is 6.65. The Morgan fingerprint density at radius 1 is 1.07 bits per heavy atom. The van der Waals surface area contributed by atoms with Crippen LogP contribution in [-0.4, -0.2) is 43.2 Å². The summed E-state index contributed by atoms with van der Waals surface area (Å²) in [4.78, 5) is 14.9. The van der Waals surface area contributed by atoms with Gasteiger partial charge in [-0.3, -0.25) is 4.79 Å². The quantitative estimate of drug-likeness (QED) is 0.736. The molecule has 2 unspecified atom stereocenters. The van der Waals surface area contributed by atoms with Gasteiger partial charge in [-0.15, -0.1) is 12.4 Å². The number of carbonyl (C=O) groups is 1. The van der Waals surface area contributed by atoms with E-state index in [1.807, 2.05) is 59.5 Å². The monoisotopic (exact) mass is 390 g/mol. The predicted molar refractivity (Wildman–Crippen MR) is 109 cm³/mol. The molecule has 3 rings (SSSR count). The third kappa shape index (κ3) is 5.37. The van der Waals surface area contributed by atoms with Crippen LogP contribution in [0.4, 0.5) is 0 Å². The van der Waals surface area contributed by atoms with Crippen molar-refractivity contribution in [3.63, 3.8) is 0 Å². The van der Waals surface area contributed by atoms with E-state index in [9.17, 15) is 4.79 Å². The van der Waals surface area contributed by atoms with E-state index in [-0.39, 0.29) is 24.4 Å². The molecule has 27 heavy (non-hydrogen) atoms. The van der Waals surface area contributed by atoms with Crippen molar-refractivity contribution >= 4 is 18.3 Å². The Labute approximate surface area is 166 Å². The zero-order chi connectivity index (χ0) is 18.4. The number of ether oxygens (including phenoxy) is 2. The van der Waals surface area contributed by atoms with Gasteiger partial charge in [0.05, 0.1) is 5.56 Å². The first-order valence-electron chi connectivity index (χ1n) is 9.09. The number of para-hydroxylation sites is 2. The molecule has 2 atom stereocenters. The van der Waals surface area contributed by atoms with Crippen LogP contribution < -0.4 is 15.2 Å². The molecule has 0 radical (unpaired) electrons. The van der Waals surface area contributed by atoms with E-state index in [0.717, 1.165) is 12.2 Å². The highest BCUT2D eigenvalue weighted by molar-refractivity contribution is 5.97. The van der Waals surface area contributed by atoms with Crippen LogP contribution in [0.25, 0.3) is 0 Å². The second kappa shape index (κ2) is 10.2. The molecule has 1 saturated heterocycles. The van der Waals surface area contributed by atoms with Gasteiger partial charge in [-0.1, -0.05) is 30.3 Å². The minimum Gasteiger partial charge on any atom is -0.490 e. The van der Waals surface area contributed by atoms with Crippen LogP contribution in [0.1, 0.15) is 23.7 Å². The molecule has 1 amide bonds. The van der Waals surface area contributed by atoms with Crippen molar-refractivity contribution in [2.75, 3.05) is 26.3 Å².